The first-order valence-electron chi connectivity index (χ1n) is 6.32. The van der Waals surface area contributed by atoms with Crippen LogP contribution < -0.4 is 14.2 Å². The first-order valence-corrected chi connectivity index (χ1v) is 7.13. The third-order valence-electron chi connectivity index (χ3n) is 2.94. The lowest BCUT2D eigenvalue weighted by Crippen LogP contribution is -1.96. The van der Waals surface area contributed by atoms with Gasteiger partial charge in [0.15, 0.2) is 11.5 Å². The van der Waals surface area contributed by atoms with Crippen molar-refractivity contribution in [1.29, 1.82) is 0 Å². The average molecular weight is 321 g/mol. The maximum atomic E-state index is 10.7. The third-order valence-corrected chi connectivity index (χ3v) is 3.99. The molecule has 0 bridgehead atoms. The summed E-state index contributed by atoms with van der Waals surface area (Å²) in [5, 5.41) is 10.7. The maximum absolute atomic E-state index is 10.7. The number of nitro groups is 1. The summed E-state index contributed by atoms with van der Waals surface area (Å²) in [5.74, 6) is 1.65. The van der Waals surface area contributed by atoms with Crippen LogP contribution in [-0.2, 0) is 0 Å². The third kappa shape index (κ3) is 3.25. The number of nitrogens with zero attached hydrogens (tertiary/aromatic N) is 1. The molecule has 0 radical (unpaired) electrons. The van der Waals surface area contributed by atoms with Gasteiger partial charge in [0.1, 0.15) is 0 Å². The summed E-state index contributed by atoms with van der Waals surface area (Å²) in [7, 11) is 4.65. The fourth-order valence-electron chi connectivity index (χ4n) is 1.92. The van der Waals surface area contributed by atoms with E-state index in [0.717, 1.165) is 9.79 Å². The number of ether oxygens (including phenoxy) is 3. The molecule has 0 spiro atoms. The summed E-state index contributed by atoms with van der Waals surface area (Å²) >= 11 is 1.42. The molecular formula is C15H15NO5S. The molecule has 0 atom stereocenters. The van der Waals surface area contributed by atoms with E-state index in [0.29, 0.717) is 17.2 Å². The van der Waals surface area contributed by atoms with Crippen molar-refractivity contribution < 1.29 is 19.1 Å². The van der Waals surface area contributed by atoms with Crippen molar-refractivity contribution in [3.63, 3.8) is 0 Å². The van der Waals surface area contributed by atoms with Gasteiger partial charge in [-0.25, -0.2) is 0 Å². The second kappa shape index (κ2) is 7.04. The molecular weight excluding hydrogens is 306 g/mol. The lowest BCUT2D eigenvalue weighted by atomic mass is 10.3. The van der Waals surface area contributed by atoms with Crippen LogP contribution in [0.3, 0.4) is 0 Å². The predicted molar refractivity (Wildman–Crippen MR) is 83.3 cm³/mol. The van der Waals surface area contributed by atoms with Crippen LogP contribution in [0.4, 0.5) is 5.69 Å². The van der Waals surface area contributed by atoms with Crippen LogP contribution in [0.5, 0.6) is 17.2 Å². The molecule has 2 rings (SSSR count). The van der Waals surface area contributed by atoms with Gasteiger partial charge in [0, 0.05) is 17.0 Å². The largest absolute Gasteiger partial charge is 0.493 e. The van der Waals surface area contributed by atoms with Crippen LogP contribution in [0, 0.1) is 10.1 Å². The van der Waals surface area contributed by atoms with E-state index in [9.17, 15) is 10.1 Å². The van der Waals surface area contributed by atoms with E-state index in [1.165, 1.54) is 23.9 Å². The van der Waals surface area contributed by atoms with E-state index in [-0.39, 0.29) is 5.69 Å². The number of non-ortho nitro benzene ring substituents is 1. The van der Waals surface area contributed by atoms with Gasteiger partial charge in [-0.3, -0.25) is 10.1 Å². The van der Waals surface area contributed by atoms with E-state index in [2.05, 4.69) is 0 Å². The first-order chi connectivity index (χ1) is 10.6. The van der Waals surface area contributed by atoms with Gasteiger partial charge in [-0.2, -0.15) is 0 Å². The Balaban J connectivity index is 2.34. The van der Waals surface area contributed by atoms with Crippen LogP contribution in [-0.4, -0.2) is 26.3 Å². The zero-order valence-corrected chi connectivity index (χ0v) is 13.2. The molecule has 0 fully saturated rings. The van der Waals surface area contributed by atoms with Crippen molar-refractivity contribution in [3.05, 3.63) is 46.5 Å². The summed E-state index contributed by atoms with van der Waals surface area (Å²) in [5.41, 5.74) is 0.0589. The first kappa shape index (κ1) is 16.0. The van der Waals surface area contributed by atoms with Crippen molar-refractivity contribution in [2.75, 3.05) is 21.3 Å². The van der Waals surface area contributed by atoms with E-state index >= 15 is 0 Å². The second-order valence-corrected chi connectivity index (χ2v) is 5.30. The Hall–Kier alpha value is -2.41. The van der Waals surface area contributed by atoms with Crippen molar-refractivity contribution >= 4 is 17.4 Å². The van der Waals surface area contributed by atoms with Gasteiger partial charge in [-0.05, 0) is 24.3 Å². The summed E-state index contributed by atoms with van der Waals surface area (Å²) in [6, 6.07) is 9.96. The minimum atomic E-state index is -0.425. The maximum Gasteiger partial charge on any atom is 0.269 e. The Labute approximate surface area is 132 Å². The van der Waals surface area contributed by atoms with Gasteiger partial charge in [0.25, 0.3) is 5.69 Å². The smallest absolute Gasteiger partial charge is 0.269 e. The molecule has 0 saturated heterocycles. The molecule has 0 aromatic heterocycles. The van der Waals surface area contributed by atoms with Crippen LogP contribution >= 0.6 is 11.8 Å². The molecule has 0 aliphatic carbocycles. The topological polar surface area (TPSA) is 70.8 Å². The van der Waals surface area contributed by atoms with Crippen molar-refractivity contribution in [1.82, 2.24) is 0 Å². The van der Waals surface area contributed by atoms with Crippen LogP contribution in [0.2, 0.25) is 0 Å². The van der Waals surface area contributed by atoms with Crippen molar-refractivity contribution in [2.45, 2.75) is 9.79 Å². The Morgan fingerprint density at radius 3 is 2.05 bits per heavy atom. The molecule has 22 heavy (non-hydrogen) atoms. The number of rotatable bonds is 6. The molecule has 6 nitrogen and oxygen atoms in total. The fraction of sp³-hybridized carbons (Fsp3) is 0.200. The predicted octanol–water partition coefficient (Wildman–Crippen LogP) is 3.77. The zero-order valence-electron chi connectivity index (χ0n) is 12.4. The number of benzene rings is 2. The molecule has 0 unspecified atom stereocenters. The number of nitro benzene ring substituents is 1. The minimum absolute atomic E-state index is 0.0589. The van der Waals surface area contributed by atoms with E-state index in [4.69, 9.17) is 14.2 Å². The Morgan fingerprint density at radius 1 is 0.909 bits per heavy atom. The highest BCUT2D eigenvalue weighted by Crippen LogP contribution is 2.45. The Bertz CT molecular complexity index is 672. The quantitative estimate of drug-likeness (QED) is 0.596. The number of methoxy groups -OCH3 is 3. The van der Waals surface area contributed by atoms with Gasteiger partial charge >= 0.3 is 0 Å². The second-order valence-electron chi connectivity index (χ2n) is 4.19. The van der Waals surface area contributed by atoms with Gasteiger partial charge in [0.05, 0.1) is 31.1 Å². The highest BCUT2D eigenvalue weighted by atomic mass is 32.2. The summed E-state index contributed by atoms with van der Waals surface area (Å²) in [6.07, 6.45) is 0. The summed E-state index contributed by atoms with van der Waals surface area (Å²) in [4.78, 5) is 11.9. The molecule has 116 valence electrons. The van der Waals surface area contributed by atoms with Gasteiger partial charge in [-0.1, -0.05) is 11.8 Å². The van der Waals surface area contributed by atoms with Gasteiger partial charge in [-0.15, -0.1) is 0 Å². The monoisotopic (exact) mass is 321 g/mol. The lowest BCUT2D eigenvalue weighted by molar-refractivity contribution is -0.384. The average Bonchev–Trinajstić information content (AvgIpc) is 2.54. The standard InChI is InChI=1S/C15H15NO5S/c1-19-12-8-9-13(15(21-3)14(12)20-2)22-11-6-4-10(5-7-11)16(17)18/h4-9H,1-3H3. The Morgan fingerprint density at radius 2 is 1.55 bits per heavy atom. The van der Waals surface area contributed by atoms with Crippen LogP contribution in [0.25, 0.3) is 0 Å². The van der Waals surface area contributed by atoms with E-state index in [1.807, 2.05) is 6.07 Å². The summed E-state index contributed by atoms with van der Waals surface area (Å²) in [6.45, 7) is 0. The minimum Gasteiger partial charge on any atom is -0.493 e. The fourth-order valence-corrected chi connectivity index (χ4v) is 2.85. The molecule has 0 saturated carbocycles. The highest BCUT2D eigenvalue weighted by Gasteiger charge is 2.17. The van der Waals surface area contributed by atoms with Crippen LogP contribution in [0.15, 0.2) is 46.2 Å². The molecule has 0 heterocycles. The zero-order chi connectivity index (χ0) is 16.1. The molecule has 0 amide bonds. The van der Waals surface area contributed by atoms with Crippen molar-refractivity contribution in [2.24, 2.45) is 0 Å². The lowest BCUT2D eigenvalue weighted by Gasteiger charge is -2.15. The highest BCUT2D eigenvalue weighted by molar-refractivity contribution is 7.99. The van der Waals surface area contributed by atoms with Gasteiger partial charge < -0.3 is 14.2 Å². The molecule has 2 aromatic rings. The molecule has 7 heteroatoms. The number of hydrogen-bond acceptors (Lipinski definition) is 6. The summed E-state index contributed by atoms with van der Waals surface area (Å²) < 4.78 is 16.0. The molecule has 2 aromatic carbocycles. The molecule has 0 aliphatic heterocycles. The normalized spacial score (nSPS) is 10.1. The Kier molecular flexibility index (Phi) is 5.11. The van der Waals surface area contributed by atoms with Crippen LogP contribution in [0.1, 0.15) is 0 Å². The van der Waals surface area contributed by atoms with Crippen molar-refractivity contribution in [3.8, 4) is 17.2 Å². The van der Waals surface area contributed by atoms with Gasteiger partial charge in [0.2, 0.25) is 5.75 Å². The SMILES string of the molecule is COc1ccc(Sc2ccc([N+](=O)[O-])cc2)c(OC)c1OC. The molecule has 0 N–H and O–H groups in total. The molecule has 0 aliphatic rings. The number of hydrogen-bond donors (Lipinski definition) is 0. The van der Waals surface area contributed by atoms with E-state index < -0.39 is 4.92 Å². The van der Waals surface area contributed by atoms with E-state index in [1.54, 1.807) is 39.5 Å².